The summed E-state index contributed by atoms with van der Waals surface area (Å²) in [6.45, 7) is 6.78. The second-order valence-corrected chi connectivity index (χ2v) is 9.43. The molecule has 1 aromatic carbocycles. The van der Waals surface area contributed by atoms with Crippen LogP contribution in [0, 0.1) is 0 Å². The minimum absolute atomic E-state index is 1.04. The summed E-state index contributed by atoms with van der Waals surface area (Å²) in [5, 5.41) is 0. The number of anilines is 1. The molecular formula is C14H25NOSi. The fourth-order valence-electron chi connectivity index (χ4n) is 2.04. The van der Waals surface area contributed by atoms with Crippen LogP contribution in [0.4, 0.5) is 5.69 Å². The summed E-state index contributed by atoms with van der Waals surface area (Å²) in [4.78, 5) is 2.11. The van der Waals surface area contributed by atoms with E-state index in [1.54, 1.807) is 0 Å². The fraction of sp³-hybridized carbons (Fsp3) is 0.571. The lowest BCUT2D eigenvalue weighted by Crippen LogP contribution is -2.39. The minimum atomic E-state index is -1.53. The number of hydrogen-bond donors (Lipinski definition) is 0. The topological polar surface area (TPSA) is 12.5 Å². The van der Waals surface area contributed by atoms with Crippen LogP contribution in [0.25, 0.3) is 0 Å². The first-order valence-electron chi connectivity index (χ1n) is 6.53. The SMILES string of the molecule is CC[Si](CC)(CC)Oc1cccc(N(C)C)c1. The zero-order valence-electron chi connectivity index (χ0n) is 11.8. The molecule has 0 N–H and O–H groups in total. The van der Waals surface area contributed by atoms with Crippen molar-refractivity contribution in [3.05, 3.63) is 24.3 Å². The van der Waals surface area contributed by atoms with Gasteiger partial charge in [0.15, 0.2) is 0 Å². The molecule has 0 atom stereocenters. The zero-order valence-corrected chi connectivity index (χ0v) is 12.8. The summed E-state index contributed by atoms with van der Waals surface area (Å²) in [6, 6.07) is 12.0. The van der Waals surface area contributed by atoms with E-state index in [9.17, 15) is 0 Å². The molecule has 0 heterocycles. The molecule has 0 bridgehead atoms. The standard InChI is InChI=1S/C14H25NOSi/c1-6-17(7-2,8-3)16-14-11-9-10-13(12-14)15(4)5/h9-12H,6-8H2,1-5H3. The van der Waals surface area contributed by atoms with Gasteiger partial charge in [-0.25, -0.2) is 0 Å². The van der Waals surface area contributed by atoms with Crippen molar-refractivity contribution in [2.24, 2.45) is 0 Å². The van der Waals surface area contributed by atoms with Gasteiger partial charge in [0.2, 0.25) is 8.32 Å². The Hall–Kier alpha value is -0.963. The Morgan fingerprint density at radius 3 is 2.12 bits per heavy atom. The molecule has 17 heavy (non-hydrogen) atoms. The molecule has 0 saturated carbocycles. The van der Waals surface area contributed by atoms with Crippen molar-refractivity contribution in [1.29, 1.82) is 0 Å². The molecule has 0 aliphatic carbocycles. The predicted molar refractivity (Wildman–Crippen MR) is 78.6 cm³/mol. The van der Waals surface area contributed by atoms with Gasteiger partial charge in [-0.2, -0.15) is 0 Å². The van der Waals surface area contributed by atoms with Crippen molar-refractivity contribution in [3.8, 4) is 5.75 Å². The molecule has 0 spiro atoms. The fourth-order valence-corrected chi connectivity index (χ4v) is 4.60. The van der Waals surface area contributed by atoms with Crippen LogP contribution in [-0.4, -0.2) is 22.4 Å². The van der Waals surface area contributed by atoms with Crippen LogP contribution in [0.5, 0.6) is 5.75 Å². The molecule has 3 heteroatoms. The highest BCUT2D eigenvalue weighted by Crippen LogP contribution is 2.27. The first-order chi connectivity index (χ1) is 8.06. The van der Waals surface area contributed by atoms with Gasteiger partial charge in [-0.05, 0) is 30.3 Å². The van der Waals surface area contributed by atoms with Gasteiger partial charge in [-0.15, -0.1) is 0 Å². The van der Waals surface area contributed by atoms with Crippen LogP contribution in [0.1, 0.15) is 20.8 Å². The van der Waals surface area contributed by atoms with Crippen molar-refractivity contribution in [1.82, 2.24) is 0 Å². The third-order valence-corrected chi connectivity index (χ3v) is 8.14. The van der Waals surface area contributed by atoms with Gasteiger partial charge < -0.3 is 9.33 Å². The van der Waals surface area contributed by atoms with Crippen molar-refractivity contribution in [2.45, 2.75) is 38.9 Å². The molecule has 0 aliphatic rings. The van der Waals surface area contributed by atoms with Crippen LogP contribution in [-0.2, 0) is 0 Å². The Morgan fingerprint density at radius 1 is 1.06 bits per heavy atom. The lowest BCUT2D eigenvalue weighted by molar-refractivity contribution is 0.532. The molecule has 0 fully saturated rings. The van der Waals surface area contributed by atoms with Gasteiger partial charge in [-0.1, -0.05) is 26.8 Å². The van der Waals surface area contributed by atoms with E-state index in [1.807, 2.05) is 0 Å². The molecule has 0 aromatic heterocycles. The van der Waals surface area contributed by atoms with Crippen molar-refractivity contribution < 1.29 is 4.43 Å². The Bertz CT molecular complexity index is 340. The molecule has 1 rings (SSSR count). The summed E-state index contributed by atoms with van der Waals surface area (Å²) >= 11 is 0. The van der Waals surface area contributed by atoms with Crippen molar-refractivity contribution >= 4 is 14.0 Å². The van der Waals surface area contributed by atoms with Gasteiger partial charge in [0, 0.05) is 25.8 Å². The van der Waals surface area contributed by atoms with Crippen LogP contribution in [0.3, 0.4) is 0 Å². The molecule has 1 aromatic rings. The normalized spacial score (nSPS) is 11.4. The second kappa shape index (κ2) is 6.10. The third-order valence-electron chi connectivity index (χ3n) is 3.60. The van der Waals surface area contributed by atoms with Crippen LogP contribution < -0.4 is 9.33 Å². The van der Waals surface area contributed by atoms with Crippen LogP contribution in [0.2, 0.25) is 18.1 Å². The highest BCUT2D eigenvalue weighted by Gasteiger charge is 2.30. The monoisotopic (exact) mass is 251 g/mol. The summed E-state index contributed by atoms with van der Waals surface area (Å²) in [7, 11) is 2.58. The Kier molecular flexibility index (Phi) is 5.06. The van der Waals surface area contributed by atoms with Gasteiger partial charge >= 0.3 is 0 Å². The maximum absolute atomic E-state index is 6.35. The van der Waals surface area contributed by atoms with Crippen LogP contribution in [0.15, 0.2) is 24.3 Å². The lowest BCUT2D eigenvalue weighted by atomic mass is 10.3. The Morgan fingerprint density at radius 2 is 1.65 bits per heavy atom. The van der Waals surface area contributed by atoms with Gasteiger partial charge in [0.1, 0.15) is 5.75 Å². The van der Waals surface area contributed by atoms with E-state index in [4.69, 9.17) is 4.43 Å². The molecule has 0 radical (unpaired) electrons. The molecule has 96 valence electrons. The molecule has 0 saturated heterocycles. The summed E-state index contributed by atoms with van der Waals surface area (Å²) in [6.07, 6.45) is 0. The predicted octanol–water partition coefficient (Wildman–Crippen LogP) is 4.14. The first-order valence-corrected chi connectivity index (χ1v) is 9.06. The summed E-state index contributed by atoms with van der Waals surface area (Å²) in [5.74, 6) is 1.04. The maximum atomic E-state index is 6.35. The van der Waals surface area contributed by atoms with Gasteiger partial charge in [0.25, 0.3) is 0 Å². The summed E-state index contributed by atoms with van der Waals surface area (Å²) < 4.78 is 6.35. The molecule has 0 unspecified atom stereocenters. The third kappa shape index (κ3) is 3.50. The van der Waals surface area contributed by atoms with Gasteiger partial charge in [0.05, 0.1) is 0 Å². The van der Waals surface area contributed by atoms with E-state index in [0.29, 0.717) is 0 Å². The second-order valence-electron chi connectivity index (χ2n) is 4.74. The lowest BCUT2D eigenvalue weighted by Gasteiger charge is -2.29. The highest BCUT2D eigenvalue weighted by molar-refractivity contribution is 6.74. The number of rotatable bonds is 6. The zero-order chi connectivity index (χ0) is 12.9. The van der Waals surface area contributed by atoms with E-state index in [-0.39, 0.29) is 0 Å². The summed E-state index contributed by atoms with van der Waals surface area (Å²) in [5.41, 5.74) is 1.20. The van der Waals surface area contributed by atoms with E-state index < -0.39 is 8.32 Å². The molecule has 0 aliphatic heterocycles. The van der Waals surface area contributed by atoms with E-state index >= 15 is 0 Å². The molecule has 0 amide bonds. The first kappa shape index (κ1) is 14.1. The Labute approximate surface area is 107 Å². The number of hydrogen-bond acceptors (Lipinski definition) is 2. The van der Waals surface area contributed by atoms with E-state index in [2.05, 4.69) is 64.0 Å². The van der Waals surface area contributed by atoms with Crippen molar-refractivity contribution in [3.63, 3.8) is 0 Å². The van der Waals surface area contributed by atoms with Gasteiger partial charge in [-0.3, -0.25) is 0 Å². The van der Waals surface area contributed by atoms with E-state index in [0.717, 1.165) is 5.75 Å². The molecular weight excluding hydrogens is 226 g/mol. The van der Waals surface area contributed by atoms with Crippen molar-refractivity contribution in [2.75, 3.05) is 19.0 Å². The average molecular weight is 251 g/mol. The maximum Gasteiger partial charge on any atom is 0.250 e. The quantitative estimate of drug-likeness (QED) is 0.705. The molecule has 2 nitrogen and oxygen atoms in total. The Balaban J connectivity index is 2.90. The van der Waals surface area contributed by atoms with Crippen LogP contribution >= 0.6 is 0 Å². The smallest absolute Gasteiger partial charge is 0.250 e. The number of nitrogens with zero attached hydrogens (tertiary/aromatic N) is 1. The highest BCUT2D eigenvalue weighted by atomic mass is 28.4. The largest absolute Gasteiger partial charge is 0.543 e. The minimum Gasteiger partial charge on any atom is -0.543 e. The average Bonchev–Trinajstić information content (AvgIpc) is 2.36. The number of benzene rings is 1. The van der Waals surface area contributed by atoms with E-state index in [1.165, 1.54) is 23.8 Å².